The van der Waals surface area contributed by atoms with Crippen molar-refractivity contribution in [3.63, 3.8) is 0 Å². The number of piperazine rings is 1. The van der Waals surface area contributed by atoms with E-state index in [0.717, 1.165) is 48.0 Å². The van der Waals surface area contributed by atoms with Crippen LogP contribution in [-0.2, 0) is 0 Å². The lowest BCUT2D eigenvalue weighted by Gasteiger charge is -2.37. The molecule has 27 heavy (non-hydrogen) atoms. The molecule has 1 atom stereocenters. The maximum absolute atomic E-state index is 12.8. The highest BCUT2D eigenvalue weighted by atomic mass is 35.5. The number of halogens is 1. The molecule has 142 valence electrons. The summed E-state index contributed by atoms with van der Waals surface area (Å²) < 4.78 is 5.80. The molecule has 2 aliphatic heterocycles. The van der Waals surface area contributed by atoms with E-state index in [1.807, 2.05) is 53.4 Å². The average Bonchev–Trinajstić information content (AvgIpc) is 2.91. The number of benzene rings is 2. The zero-order valence-corrected chi connectivity index (χ0v) is 16.0. The number of carbonyl (C=O) groups excluding carboxylic acids is 1. The number of hydrogen-bond donors (Lipinski definition) is 1. The summed E-state index contributed by atoms with van der Waals surface area (Å²) in [5.41, 5.74) is 2.10. The topological polar surface area (TPSA) is 44.8 Å². The number of fused-ring (bicyclic) bond motifs is 1. The first-order valence-electron chi connectivity index (χ1n) is 9.49. The van der Waals surface area contributed by atoms with Crippen LogP contribution in [0.5, 0.6) is 5.75 Å². The zero-order valence-electron chi connectivity index (χ0n) is 15.2. The van der Waals surface area contributed by atoms with Gasteiger partial charge < -0.3 is 19.9 Å². The lowest BCUT2D eigenvalue weighted by atomic mass is 10.0. The molecule has 1 saturated heterocycles. The Hall–Kier alpha value is -2.40. The van der Waals surface area contributed by atoms with Crippen molar-refractivity contribution in [2.45, 2.75) is 18.9 Å². The lowest BCUT2D eigenvalue weighted by Crippen LogP contribution is -2.52. The summed E-state index contributed by atoms with van der Waals surface area (Å²) in [6.45, 7) is 3.62. The number of urea groups is 1. The Morgan fingerprint density at radius 2 is 1.78 bits per heavy atom. The molecule has 6 heteroatoms. The third-order valence-corrected chi connectivity index (χ3v) is 5.57. The van der Waals surface area contributed by atoms with E-state index in [2.05, 4.69) is 10.2 Å². The van der Waals surface area contributed by atoms with E-state index in [1.54, 1.807) is 0 Å². The fourth-order valence-corrected chi connectivity index (χ4v) is 4.03. The smallest absolute Gasteiger partial charge is 0.318 e. The van der Waals surface area contributed by atoms with Crippen LogP contribution >= 0.6 is 11.6 Å². The normalized spacial score (nSPS) is 19.7. The van der Waals surface area contributed by atoms with Crippen molar-refractivity contribution in [3.05, 3.63) is 59.1 Å². The largest absolute Gasteiger partial charge is 0.493 e. The minimum atomic E-state index is -0.00416. The Morgan fingerprint density at radius 3 is 2.59 bits per heavy atom. The van der Waals surface area contributed by atoms with Gasteiger partial charge in [0.2, 0.25) is 0 Å². The van der Waals surface area contributed by atoms with Gasteiger partial charge in [-0.2, -0.15) is 0 Å². The van der Waals surface area contributed by atoms with E-state index in [9.17, 15) is 4.79 Å². The highest BCUT2D eigenvalue weighted by Gasteiger charge is 2.26. The number of anilines is 1. The number of para-hydroxylation sites is 2. The minimum Gasteiger partial charge on any atom is -0.493 e. The van der Waals surface area contributed by atoms with E-state index in [4.69, 9.17) is 16.3 Å². The Bertz CT molecular complexity index is 806. The molecule has 2 aromatic rings. The van der Waals surface area contributed by atoms with Crippen molar-refractivity contribution in [3.8, 4) is 5.75 Å². The molecule has 0 saturated carbocycles. The number of rotatable bonds is 2. The quantitative estimate of drug-likeness (QED) is 0.847. The van der Waals surface area contributed by atoms with E-state index < -0.39 is 0 Å². The lowest BCUT2D eigenvalue weighted by molar-refractivity contribution is 0.189. The second-order valence-corrected chi connectivity index (χ2v) is 7.36. The van der Waals surface area contributed by atoms with Crippen molar-refractivity contribution >= 4 is 23.3 Å². The molecule has 1 N–H and O–H groups in total. The summed E-state index contributed by atoms with van der Waals surface area (Å²) in [6, 6.07) is 15.8. The third-order valence-electron chi connectivity index (χ3n) is 5.25. The summed E-state index contributed by atoms with van der Waals surface area (Å²) in [7, 11) is 0. The van der Waals surface area contributed by atoms with Gasteiger partial charge in [0.25, 0.3) is 0 Å². The minimum absolute atomic E-state index is 0.00204. The predicted octanol–water partition coefficient (Wildman–Crippen LogP) is 4.09. The second-order valence-electron chi connectivity index (χ2n) is 6.96. The maximum Gasteiger partial charge on any atom is 0.318 e. The van der Waals surface area contributed by atoms with Crippen molar-refractivity contribution in [2.24, 2.45) is 0 Å². The van der Waals surface area contributed by atoms with Crippen molar-refractivity contribution in [1.29, 1.82) is 0 Å². The molecule has 5 nitrogen and oxygen atoms in total. The summed E-state index contributed by atoms with van der Waals surface area (Å²) in [4.78, 5) is 17.0. The van der Waals surface area contributed by atoms with Gasteiger partial charge in [0, 0.05) is 31.7 Å². The Kier molecular flexibility index (Phi) is 5.39. The summed E-state index contributed by atoms with van der Waals surface area (Å²) in [6.07, 6.45) is 1.82. The molecule has 2 aliphatic rings. The van der Waals surface area contributed by atoms with Gasteiger partial charge >= 0.3 is 6.03 Å². The van der Waals surface area contributed by atoms with Crippen LogP contribution in [-0.4, -0.2) is 43.7 Å². The highest BCUT2D eigenvalue weighted by molar-refractivity contribution is 6.33. The number of ether oxygens (including phenoxy) is 1. The van der Waals surface area contributed by atoms with Crippen LogP contribution in [0.2, 0.25) is 5.02 Å². The summed E-state index contributed by atoms with van der Waals surface area (Å²) >= 11 is 6.30. The molecular formula is C21H24ClN3O2. The predicted molar refractivity (Wildman–Crippen MR) is 108 cm³/mol. The maximum atomic E-state index is 12.8. The van der Waals surface area contributed by atoms with Gasteiger partial charge in [0.05, 0.1) is 23.4 Å². The average molecular weight is 386 g/mol. The van der Waals surface area contributed by atoms with Crippen LogP contribution in [0, 0.1) is 0 Å². The van der Waals surface area contributed by atoms with Gasteiger partial charge in [-0.05, 0) is 31.0 Å². The molecule has 0 spiro atoms. The van der Waals surface area contributed by atoms with E-state index in [0.29, 0.717) is 19.7 Å². The van der Waals surface area contributed by atoms with Gasteiger partial charge in [-0.25, -0.2) is 4.79 Å². The Balaban J connectivity index is 1.38. The number of hydrogen-bond acceptors (Lipinski definition) is 3. The van der Waals surface area contributed by atoms with E-state index in [1.165, 1.54) is 0 Å². The molecular weight excluding hydrogens is 362 g/mol. The number of amides is 2. The van der Waals surface area contributed by atoms with Crippen LogP contribution in [0.1, 0.15) is 24.4 Å². The molecule has 0 aliphatic carbocycles. The fraction of sp³-hybridized carbons (Fsp3) is 0.381. The van der Waals surface area contributed by atoms with Crippen LogP contribution in [0.4, 0.5) is 10.5 Å². The number of carbonyl (C=O) groups is 1. The van der Waals surface area contributed by atoms with Crippen molar-refractivity contribution in [2.75, 3.05) is 37.7 Å². The molecule has 2 amide bonds. The van der Waals surface area contributed by atoms with Crippen LogP contribution in [0.25, 0.3) is 0 Å². The molecule has 0 bridgehead atoms. The standard InChI is InChI=1S/C21H24ClN3O2/c22-17-7-2-3-9-19(17)24-11-13-25(14-12-24)21(26)23-18-8-5-15-27-20-10-4-1-6-16(18)20/h1-4,6-7,9-10,18H,5,8,11-15H2,(H,23,26). The first-order chi connectivity index (χ1) is 13.2. The zero-order chi connectivity index (χ0) is 18.6. The van der Waals surface area contributed by atoms with Crippen molar-refractivity contribution in [1.82, 2.24) is 10.2 Å². The second kappa shape index (κ2) is 8.09. The molecule has 2 aromatic carbocycles. The number of nitrogens with zero attached hydrogens (tertiary/aromatic N) is 2. The summed E-state index contributed by atoms with van der Waals surface area (Å²) in [5.74, 6) is 0.879. The van der Waals surface area contributed by atoms with Gasteiger partial charge in [-0.15, -0.1) is 0 Å². The molecule has 0 radical (unpaired) electrons. The first kappa shape index (κ1) is 18.0. The van der Waals surface area contributed by atoms with Gasteiger partial charge in [-0.3, -0.25) is 0 Å². The Labute approximate surface area is 164 Å². The van der Waals surface area contributed by atoms with Crippen LogP contribution < -0.4 is 15.0 Å². The van der Waals surface area contributed by atoms with Crippen LogP contribution in [0.15, 0.2) is 48.5 Å². The van der Waals surface area contributed by atoms with Gasteiger partial charge in [0.1, 0.15) is 5.75 Å². The Morgan fingerprint density at radius 1 is 1.04 bits per heavy atom. The SMILES string of the molecule is O=C(NC1CCCOc2ccccc21)N1CCN(c2ccccc2Cl)CC1. The van der Waals surface area contributed by atoms with E-state index in [-0.39, 0.29) is 12.1 Å². The highest BCUT2D eigenvalue weighted by Crippen LogP contribution is 2.31. The third kappa shape index (κ3) is 3.98. The van der Waals surface area contributed by atoms with Crippen molar-refractivity contribution < 1.29 is 9.53 Å². The first-order valence-corrected chi connectivity index (χ1v) is 9.87. The number of nitrogens with one attached hydrogen (secondary N) is 1. The molecule has 4 rings (SSSR count). The fourth-order valence-electron chi connectivity index (χ4n) is 3.77. The van der Waals surface area contributed by atoms with Crippen LogP contribution in [0.3, 0.4) is 0 Å². The molecule has 2 heterocycles. The van der Waals surface area contributed by atoms with E-state index >= 15 is 0 Å². The van der Waals surface area contributed by atoms with Gasteiger partial charge in [-0.1, -0.05) is 41.9 Å². The summed E-state index contributed by atoms with van der Waals surface area (Å²) in [5, 5.41) is 3.97. The molecule has 0 aromatic heterocycles. The van der Waals surface area contributed by atoms with Gasteiger partial charge in [0.15, 0.2) is 0 Å². The molecule has 1 unspecified atom stereocenters. The molecule has 1 fully saturated rings. The monoisotopic (exact) mass is 385 g/mol.